The third-order valence-electron chi connectivity index (χ3n) is 5.85. The van der Waals surface area contributed by atoms with Gasteiger partial charge >= 0.3 is 5.97 Å². The van der Waals surface area contributed by atoms with Crippen molar-refractivity contribution in [1.82, 2.24) is 0 Å². The molecule has 9 heteroatoms. The highest BCUT2D eigenvalue weighted by Gasteiger charge is 2.22. The first-order valence-electron chi connectivity index (χ1n) is 11.8. The zero-order valence-electron chi connectivity index (χ0n) is 20.4. The number of hydrogen-bond acceptors (Lipinski definition) is 7. The van der Waals surface area contributed by atoms with Crippen LogP contribution in [-0.2, 0) is 22.7 Å². The number of ether oxygens (including phenoxy) is 3. The van der Waals surface area contributed by atoms with Crippen molar-refractivity contribution in [1.29, 1.82) is 0 Å². The summed E-state index contributed by atoms with van der Waals surface area (Å²) < 4.78 is 17.2. The molecule has 1 amide bonds. The van der Waals surface area contributed by atoms with E-state index in [2.05, 4.69) is 0 Å². The summed E-state index contributed by atoms with van der Waals surface area (Å²) in [5, 5.41) is 11.9. The monoisotopic (exact) mass is 510 g/mol. The average Bonchev–Trinajstić information content (AvgIpc) is 3.41. The predicted molar refractivity (Wildman–Crippen MR) is 140 cm³/mol. The molecule has 3 aromatic rings. The lowest BCUT2D eigenvalue weighted by Gasteiger charge is -2.31. The number of carbonyl (C=O) groups excluding carboxylic acids is 1. The highest BCUT2D eigenvalue weighted by Crippen LogP contribution is 2.32. The van der Waals surface area contributed by atoms with E-state index in [1.807, 2.05) is 47.5 Å². The molecule has 2 heterocycles. The van der Waals surface area contributed by atoms with Crippen molar-refractivity contribution in [2.75, 3.05) is 42.7 Å². The lowest BCUT2D eigenvalue weighted by atomic mass is 10.1. The third kappa shape index (κ3) is 6.16. The van der Waals surface area contributed by atoms with Crippen molar-refractivity contribution in [3.05, 3.63) is 69.9 Å². The van der Waals surface area contributed by atoms with Gasteiger partial charge in [-0.15, -0.1) is 11.3 Å². The van der Waals surface area contributed by atoms with E-state index in [1.54, 1.807) is 34.4 Å². The number of carboxylic acids is 1. The van der Waals surface area contributed by atoms with Gasteiger partial charge < -0.3 is 29.1 Å². The van der Waals surface area contributed by atoms with Crippen LogP contribution in [0.3, 0.4) is 0 Å². The Morgan fingerprint density at radius 3 is 2.56 bits per heavy atom. The van der Waals surface area contributed by atoms with Crippen LogP contribution in [0.4, 0.5) is 11.4 Å². The van der Waals surface area contributed by atoms with Gasteiger partial charge in [0.25, 0.3) is 0 Å². The summed E-state index contributed by atoms with van der Waals surface area (Å²) in [7, 11) is 0. The summed E-state index contributed by atoms with van der Waals surface area (Å²) in [6, 6.07) is 14.7. The second-order valence-corrected chi connectivity index (χ2v) is 9.33. The fraction of sp³-hybridized carbons (Fsp3) is 0.333. The molecule has 2 aromatic carbocycles. The van der Waals surface area contributed by atoms with Gasteiger partial charge in [-0.25, -0.2) is 4.79 Å². The second kappa shape index (κ2) is 11.9. The first-order valence-corrected chi connectivity index (χ1v) is 12.7. The maximum atomic E-state index is 12.6. The molecule has 0 bridgehead atoms. The number of carboxylic acid groups (broad SMARTS) is 1. The van der Waals surface area contributed by atoms with E-state index in [0.717, 1.165) is 10.4 Å². The Kier molecular flexibility index (Phi) is 8.45. The molecule has 0 spiro atoms. The number of anilines is 2. The van der Waals surface area contributed by atoms with Crippen LogP contribution in [0.25, 0.3) is 0 Å². The van der Waals surface area contributed by atoms with Crippen molar-refractivity contribution in [2.45, 2.75) is 27.0 Å². The number of morpholine rings is 1. The van der Waals surface area contributed by atoms with E-state index in [0.29, 0.717) is 62.4 Å². The van der Waals surface area contributed by atoms with Crippen LogP contribution in [0.2, 0.25) is 0 Å². The van der Waals surface area contributed by atoms with E-state index in [4.69, 9.17) is 14.2 Å². The topological polar surface area (TPSA) is 88.5 Å². The minimum atomic E-state index is -1.03. The van der Waals surface area contributed by atoms with E-state index < -0.39 is 5.97 Å². The number of carbonyl (C=O) groups is 2. The molecule has 1 aliphatic rings. The Morgan fingerprint density at radius 2 is 1.89 bits per heavy atom. The van der Waals surface area contributed by atoms with Gasteiger partial charge in [-0.1, -0.05) is 12.1 Å². The van der Waals surface area contributed by atoms with Crippen LogP contribution in [0.5, 0.6) is 11.5 Å². The van der Waals surface area contributed by atoms with Gasteiger partial charge in [0, 0.05) is 30.6 Å². The molecule has 8 nitrogen and oxygen atoms in total. The van der Waals surface area contributed by atoms with Gasteiger partial charge in [-0.3, -0.25) is 4.79 Å². The van der Waals surface area contributed by atoms with Gasteiger partial charge in [-0.2, -0.15) is 0 Å². The van der Waals surface area contributed by atoms with E-state index in [-0.39, 0.29) is 18.0 Å². The van der Waals surface area contributed by atoms with Crippen LogP contribution in [0.1, 0.15) is 34.6 Å². The van der Waals surface area contributed by atoms with Crippen molar-refractivity contribution < 1.29 is 28.9 Å². The zero-order chi connectivity index (χ0) is 25.5. The quantitative estimate of drug-likeness (QED) is 0.419. The summed E-state index contributed by atoms with van der Waals surface area (Å²) in [4.78, 5) is 29.4. The molecule has 0 radical (unpaired) electrons. The van der Waals surface area contributed by atoms with Crippen LogP contribution >= 0.6 is 11.3 Å². The minimum Gasteiger partial charge on any atom is -0.490 e. The number of thiophene rings is 1. The molecule has 190 valence electrons. The number of hydrogen-bond donors (Lipinski definition) is 1. The van der Waals surface area contributed by atoms with E-state index in [9.17, 15) is 14.7 Å². The highest BCUT2D eigenvalue weighted by molar-refractivity contribution is 7.09. The first-order chi connectivity index (χ1) is 17.5. The van der Waals surface area contributed by atoms with Gasteiger partial charge in [0.05, 0.1) is 37.6 Å². The first kappa shape index (κ1) is 25.5. The molecule has 0 saturated carbocycles. The molecule has 0 atom stereocenters. The van der Waals surface area contributed by atoms with Gasteiger partial charge in [0.2, 0.25) is 5.91 Å². The van der Waals surface area contributed by atoms with Gasteiger partial charge in [0.15, 0.2) is 11.5 Å². The molecule has 1 fully saturated rings. The molecule has 0 aliphatic carbocycles. The van der Waals surface area contributed by atoms with Crippen molar-refractivity contribution in [3.8, 4) is 11.5 Å². The number of aromatic carboxylic acids is 1. The van der Waals surface area contributed by atoms with Crippen molar-refractivity contribution in [3.63, 3.8) is 0 Å². The summed E-state index contributed by atoms with van der Waals surface area (Å²) in [6.45, 7) is 6.90. The fourth-order valence-corrected chi connectivity index (χ4v) is 4.71. The van der Waals surface area contributed by atoms with Crippen molar-refractivity contribution in [2.24, 2.45) is 0 Å². The molecule has 36 heavy (non-hydrogen) atoms. The lowest BCUT2D eigenvalue weighted by Crippen LogP contribution is -2.37. The summed E-state index contributed by atoms with van der Waals surface area (Å²) in [5.41, 5.74) is 2.15. The Morgan fingerprint density at radius 1 is 1.08 bits per heavy atom. The molecular formula is C27H30N2O6S. The molecule has 4 rings (SSSR count). The number of amides is 1. The lowest BCUT2D eigenvalue weighted by molar-refractivity contribution is -0.116. The molecular weight excluding hydrogens is 480 g/mol. The highest BCUT2D eigenvalue weighted by atomic mass is 32.1. The van der Waals surface area contributed by atoms with Gasteiger partial charge in [-0.05, 0) is 54.3 Å². The van der Waals surface area contributed by atoms with E-state index in [1.165, 1.54) is 6.92 Å². The molecule has 0 unspecified atom stereocenters. The Balaban J connectivity index is 1.57. The SMILES string of the molecule is CCOc1cc(CN(C(C)=O)c2ccc(N3CCOCC3)c(C(=O)O)c2)ccc1OCc1cccs1. The van der Waals surface area contributed by atoms with Crippen molar-refractivity contribution >= 4 is 34.6 Å². The van der Waals surface area contributed by atoms with Crippen LogP contribution < -0.4 is 19.3 Å². The average molecular weight is 511 g/mol. The second-order valence-electron chi connectivity index (χ2n) is 8.29. The Hall–Kier alpha value is -3.56. The van der Waals surface area contributed by atoms with Crippen LogP contribution in [-0.4, -0.2) is 49.9 Å². The number of nitrogens with zero attached hydrogens (tertiary/aromatic N) is 2. The maximum absolute atomic E-state index is 12.6. The summed E-state index contributed by atoms with van der Waals surface area (Å²) >= 11 is 1.63. The Bertz CT molecular complexity index is 1190. The fourth-order valence-electron chi connectivity index (χ4n) is 4.09. The maximum Gasteiger partial charge on any atom is 0.337 e. The Labute approximate surface area is 214 Å². The summed E-state index contributed by atoms with van der Waals surface area (Å²) in [6.07, 6.45) is 0. The summed E-state index contributed by atoms with van der Waals surface area (Å²) in [5.74, 6) is 0.00418. The third-order valence-corrected chi connectivity index (χ3v) is 6.70. The smallest absolute Gasteiger partial charge is 0.337 e. The largest absolute Gasteiger partial charge is 0.490 e. The minimum absolute atomic E-state index is 0.160. The molecule has 1 aromatic heterocycles. The number of benzene rings is 2. The predicted octanol–water partition coefficient (Wildman–Crippen LogP) is 4.81. The number of rotatable bonds is 10. The van der Waals surface area contributed by atoms with Gasteiger partial charge in [0.1, 0.15) is 6.61 Å². The standard InChI is InChI=1S/C27H30N2O6S/c1-3-34-26-15-20(6-9-25(26)35-18-22-5-4-14-36-22)17-29(19(2)30)21-7-8-24(23(16-21)27(31)32)28-10-12-33-13-11-28/h4-9,14-16H,3,10-13,17-18H2,1-2H3,(H,31,32). The van der Waals surface area contributed by atoms with Crippen LogP contribution in [0, 0.1) is 0 Å². The molecule has 1 aliphatic heterocycles. The molecule has 1 saturated heterocycles. The van der Waals surface area contributed by atoms with Crippen LogP contribution in [0.15, 0.2) is 53.9 Å². The van der Waals surface area contributed by atoms with E-state index >= 15 is 0 Å². The zero-order valence-corrected chi connectivity index (χ0v) is 21.3. The normalized spacial score (nSPS) is 13.3. The molecule has 1 N–H and O–H groups in total.